The molecule has 1 aromatic carbocycles. The molecule has 0 saturated heterocycles. The first-order valence-electron chi connectivity index (χ1n) is 6.34. The average molecular weight is 321 g/mol. The monoisotopic (exact) mass is 320 g/mol. The van der Waals surface area contributed by atoms with Crippen LogP contribution in [0.3, 0.4) is 0 Å². The number of rotatable bonds is 5. The minimum Gasteiger partial charge on any atom is -0.487 e. The highest BCUT2D eigenvalue weighted by molar-refractivity contribution is 6.32. The van der Waals surface area contributed by atoms with Gasteiger partial charge in [0.25, 0.3) is 0 Å². The van der Waals surface area contributed by atoms with E-state index in [0.29, 0.717) is 16.5 Å². The van der Waals surface area contributed by atoms with Crippen LogP contribution in [0.15, 0.2) is 18.2 Å². The molecule has 0 spiro atoms. The van der Waals surface area contributed by atoms with Crippen LogP contribution in [0.5, 0.6) is 5.75 Å². The Morgan fingerprint density at radius 2 is 1.90 bits per heavy atom. The minimum atomic E-state index is -0.286. The summed E-state index contributed by atoms with van der Waals surface area (Å²) in [5.41, 5.74) is 6.29. The molecule has 0 aromatic heterocycles. The topological polar surface area (TPSA) is 64.3 Å². The number of halogens is 2. The number of nitrogens with one attached hydrogen (secondary N) is 1. The van der Waals surface area contributed by atoms with Gasteiger partial charge in [-0.1, -0.05) is 24.6 Å². The fraction of sp³-hybridized carbons (Fsp3) is 0.500. The van der Waals surface area contributed by atoms with Crippen molar-refractivity contribution in [2.24, 2.45) is 11.7 Å². The largest absolute Gasteiger partial charge is 0.487 e. The summed E-state index contributed by atoms with van der Waals surface area (Å²) in [4.78, 5) is 12.0. The van der Waals surface area contributed by atoms with Crippen LogP contribution in [0.2, 0.25) is 5.02 Å². The number of carbonyl (C=O) groups is 1. The average Bonchev–Trinajstić information content (AvgIpc) is 2.32. The Hall–Kier alpha value is -0.970. The van der Waals surface area contributed by atoms with Crippen molar-refractivity contribution in [3.8, 4) is 5.75 Å². The molecule has 0 heterocycles. The molecule has 0 aliphatic heterocycles. The van der Waals surface area contributed by atoms with Gasteiger partial charge < -0.3 is 15.8 Å². The highest BCUT2D eigenvalue weighted by Gasteiger charge is 2.19. The van der Waals surface area contributed by atoms with Crippen LogP contribution < -0.4 is 15.8 Å². The summed E-state index contributed by atoms with van der Waals surface area (Å²) in [5, 5.41) is 3.28. The van der Waals surface area contributed by atoms with E-state index in [0.717, 1.165) is 0 Å². The molecule has 20 heavy (non-hydrogen) atoms. The molecule has 0 aliphatic rings. The summed E-state index contributed by atoms with van der Waals surface area (Å²) in [7, 11) is 0. The third-order valence-corrected chi connectivity index (χ3v) is 3.08. The quantitative estimate of drug-likeness (QED) is 0.873. The highest BCUT2D eigenvalue weighted by atomic mass is 35.5. The summed E-state index contributed by atoms with van der Waals surface area (Å²) in [6.07, 6.45) is -0.0265. The molecule has 1 rings (SSSR count). The maximum Gasteiger partial charge on any atom is 0.228 e. The van der Waals surface area contributed by atoms with Gasteiger partial charge in [-0.05, 0) is 32.9 Å². The first-order chi connectivity index (χ1) is 8.82. The molecule has 4 nitrogen and oxygen atoms in total. The van der Waals surface area contributed by atoms with Crippen LogP contribution >= 0.6 is 24.0 Å². The molecule has 0 fully saturated rings. The van der Waals surface area contributed by atoms with Crippen molar-refractivity contribution in [2.75, 3.05) is 5.32 Å². The third-order valence-electron chi connectivity index (χ3n) is 2.78. The van der Waals surface area contributed by atoms with E-state index in [2.05, 4.69) is 5.32 Å². The highest BCUT2D eigenvalue weighted by Crippen LogP contribution is 2.34. The Morgan fingerprint density at radius 3 is 2.40 bits per heavy atom. The van der Waals surface area contributed by atoms with Crippen LogP contribution in [0, 0.1) is 5.92 Å². The van der Waals surface area contributed by atoms with Crippen molar-refractivity contribution in [1.82, 2.24) is 0 Å². The van der Waals surface area contributed by atoms with E-state index in [-0.39, 0.29) is 36.4 Å². The zero-order valence-electron chi connectivity index (χ0n) is 12.1. The second-order valence-corrected chi connectivity index (χ2v) is 5.33. The van der Waals surface area contributed by atoms with Crippen LogP contribution in [-0.2, 0) is 4.79 Å². The molecule has 0 bridgehead atoms. The van der Waals surface area contributed by atoms with Crippen LogP contribution in [0.25, 0.3) is 0 Å². The minimum absolute atomic E-state index is 0. The summed E-state index contributed by atoms with van der Waals surface area (Å²) in [5.74, 6) is 0.0566. The summed E-state index contributed by atoms with van der Waals surface area (Å²) >= 11 is 6.10. The molecule has 6 heteroatoms. The number of para-hydroxylation sites is 1. The van der Waals surface area contributed by atoms with E-state index in [1.165, 1.54) is 0 Å². The molecule has 2 atom stereocenters. The molecule has 3 N–H and O–H groups in total. The molecule has 1 aromatic rings. The van der Waals surface area contributed by atoms with Crippen molar-refractivity contribution in [1.29, 1.82) is 0 Å². The van der Waals surface area contributed by atoms with E-state index < -0.39 is 0 Å². The Balaban J connectivity index is 0.00000361. The number of hydrogen-bond donors (Lipinski definition) is 2. The van der Waals surface area contributed by atoms with Gasteiger partial charge in [-0.3, -0.25) is 4.79 Å². The summed E-state index contributed by atoms with van der Waals surface area (Å²) < 4.78 is 5.64. The van der Waals surface area contributed by atoms with Crippen molar-refractivity contribution in [2.45, 2.75) is 39.8 Å². The number of benzene rings is 1. The Morgan fingerprint density at radius 1 is 1.30 bits per heavy atom. The lowest BCUT2D eigenvalue weighted by atomic mass is 10.0. The number of anilines is 1. The molecule has 114 valence electrons. The van der Waals surface area contributed by atoms with Gasteiger partial charge >= 0.3 is 0 Å². The number of amides is 1. The second-order valence-electron chi connectivity index (χ2n) is 4.92. The zero-order valence-corrected chi connectivity index (χ0v) is 13.7. The fourth-order valence-corrected chi connectivity index (χ4v) is 1.67. The molecule has 0 radical (unpaired) electrons. The molecule has 2 unspecified atom stereocenters. The van der Waals surface area contributed by atoms with Gasteiger partial charge in [0.2, 0.25) is 5.91 Å². The SMILES string of the molecule is CC(C)Oc1c(Cl)cccc1NC(=O)C(C)C(C)N.Cl. The summed E-state index contributed by atoms with van der Waals surface area (Å²) in [6.45, 7) is 7.39. The van der Waals surface area contributed by atoms with Crippen molar-refractivity contribution >= 4 is 35.6 Å². The Kier molecular flexibility index (Phi) is 7.94. The van der Waals surface area contributed by atoms with E-state index in [1.807, 2.05) is 13.8 Å². The van der Waals surface area contributed by atoms with Crippen molar-refractivity contribution in [3.63, 3.8) is 0 Å². The fourth-order valence-electron chi connectivity index (χ4n) is 1.45. The predicted octanol–water partition coefficient (Wildman–Crippen LogP) is 3.47. The molecule has 0 saturated carbocycles. The smallest absolute Gasteiger partial charge is 0.228 e. The van der Waals surface area contributed by atoms with E-state index in [1.54, 1.807) is 32.0 Å². The maximum absolute atomic E-state index is 12.0. The van der Waals surface area contributed by atoms with Gasteiger partial charge in [0.1, 0.15) is 0 Å². The number of hydrogen-bond acceptors (Lipinski definition) is 3. The molecular weight excluding hydrogens is 299 g/mol. The first kappa shape index (κ1) is 19.0. The van der Waals surface area contributed by atoms with Gasteiger partial charge in [-0.25, -0.2) is 0 Å². The van der Waals surface area contributed by atoms with E-state index >= 15 is 0 Å². The van der Waals surface area contributed by atoms with Gasteiger partial charge in [0.05, 0.1) is 22.7 Å². The van der Waals surface area contributed by atoms with Gasteiger partial charge in [-0.2, -0.15) is 0 Å². The van der Waals surface area contributed by atoms with Gasteiger partial charge in [0, 0.05) is 6.04 Å². The summed E-state index contributed by atoms with van der Waals surface area (Å²) in [6, 6.07) is 5.04. The lowest BCUT2D eigenvalue weighted by molar-refractivity contribution is -0.119. The normalized spacial score (nSPS) is 13.3. The standard InChI is InChI=1S/C14H21ClN2O2.ClH/c1-8(2)19-13-11(15)6-5-7-12(13)17-14(18)9(3)10(4)16;/h5-10H,16H2,1-4H3,(H,17,18);1H. The number of ether oxygens (including phenoxy) is 1. The van der Waals surface area contributed by atoms with Crippen molar-refractivity contribution in [3.05, 3.63) is 23.2 Å². The lowest BCUT2D eigenvalue weighted by Crippen LogP contribution is -2.34. The second kappa shape index (κ2) is 8.35. The van der Waals surface area contributed by atoms with Crippen molar-refractivity contribution < 1.29 is 9.53 Å². The van der Waals surface area contributed by atoms with Crippen LogP contribution in [0.4, 0.5) is 5.69 Å². The molecule has 1 amide bonds. The molecular formula is C14H22Cl2N2O2. The van der Waals surface area contributed by atoms with Crippen LogP contribution in [0.1, 0.15) is 27.7 Å². The van der Waals surface area contributed by atoms with E-state index in [4.69, 9.17) is 22.1 Å². The van der Waals surface area contributed by atoms with Crippen LogP contribution in [-0.4, -0.2) is 18.1 Å². The number of nitrogens with two attached hydrogens (primary N) is 1. The first-order valence-corrected chi connectivity index (χ1v) is 6.72. The lowest BCUT2D eigenvalue weighted by Gasteiger charge is -2.19. The molecule has 0 aliphatic carbocycles. The third kappa shape index (κ3) is 5.19. The van der Waals surface area contributed by atoms with Gasteiger partial charge in [-0.15, -0.1) is 12.4 Å². The Bertz CT molecular complexity index is 451. The van der Waals surface area contributed by atoms with E-state index in [9.17, 15) is 4.79 Å². The number of carbonyl (C=O) groups excluding carboxylic acids is 1. The predicted molar refractivity (Wildman–Crippen MR) is 85.9 cm³/mol. The zero-order chi connectivity index (χ0) is 14.6. The Labute approximate surface area is 131 Å². The van der Waals surface area contributed by atoms with Gasteiger partial charge in [0.15, 0.2) is 5.75 Å². The maximum atomic E-state index is 12.0.